The standard InChI is InChI=1S/C24H32N4O4/c1-3-5-16(4-2)15-26-10-12-27(13-11-26)17-6-7-18-19(14-17)24(32)28(23(18)31)20-8-9-21(29)25-22(20)30/h6-7,14,16,20H,3-5,8-13,15H2,1-2H3,(H,25,29,30). The zero-order valence-corrected chi connectivity index (χ0v) is 18.9. The lowest BCUT2D eigenvalue weighted by atomic mass is 10.00. The van der Waals surface area contributed by atoms with Gasteiger partial charge < -0.3 is 4.90 Å². The fourth-order valence-corrected chi connectivity index (χ4v) is 5.04. The molecule has 172 valence electrons. The van der Waals surface area contributed by atoms with Gasteiger partial charge in [0.25, 0.3) is 11.8 Å². The predicted molar refractivity (Wildman–Crippen MR) is 120 cm³/mol. The first-order valence-corrected chi connectivity index (χ1v) is 11.8. The van der Waals surface area contributed by atoms with E-state index in [9.17, 15) is 19.2 Å². The van der Waals surface area contributed by atoms with Gasteiger partial charge in [-0.05, 0) is 37.0 Å². The van der Waals surface area contributed by atoms with Crippen molar-refractivity contribution >= 4 is 29.3 Å². The van der Waals surface area contributed by atoms with Gasteiger partial charge in [0.1, 0.15) is 6.04 Å². The number of hydrogen-bond acceptors (Lipinski definition) is 6. The number of imide groups is 2. The third-order valence-electron chi connectivity index (χ3n) is 6.95. The molecule has 2 atom stereocenters. The van der Waals surface area contributed by atoms with Gasteiger partial charge in [-0.3, -0.25) is 34.3 Å². The molecule has 3 aliphatic rings. The van der Waals surface area contributed by atoms with E-state index in [0.717, 1.165) is 49.2 Å². The highest BCUT2D eigenvalue weighted by Crippen LogP contribution is 2.31. The van der Waals surface area contributed by atoms with Crippen molar-refractivity contribution in [3.8, 4) is 0 Å². The van der Waals surface area contributed by atoms with Crippen LogP contribution >= 0.6 is 0 Å². The van der Waals surface area contributed by atoms with Gasteiger partial charge in [0, 0.05) is 44.8 Å². The zero-order chi connectivity index (χ0) is 22.8. The third kappa shape index (κ3) is 4.28. The van der Waals surface area contributed by atoms with Crippen LogP contribution in [0.25, 0.3) is 0 Å². The fourth-order valence-electron chi connectivity index (χ4n) is 5.04. The van der Waals surface area contributed by atoms with Gasteiger partial charge >= 0.3 is 0 Å². The normalized spacial score (nSPS) is 22.9. The summed E-state index contributed by atoms with van der Waals surface area (Å²) in [5.41, 5.74) is 1.59. The smallest absolute Gasteiger partial charge is 0.262 e. The van der Waals surface area contributed by atoms with E-state index in [0.29, 0.717) is 11.1 Å². The monoisotopic (exact) mass is 440 g/mol. The van der Waals surface area contributed by atoms with Crippen molar-refractivity contribution in [3.63, 3.8) is 0 Å². The van der Waals surface area contributed by atoms with Crippen LogP contribution in [0, 0.1) is 5.92 Å². The first-order valence-electron chi connectivity index (χ1n) is 11.8. The number of anilines is 1. The van der Waals surface area contributed by atoms with Crippen LogP contribution in [-0.4, -0.2) is 72.2 Å². The van der Waals surface area contributed by atoms with E-state index in [4.69, 9.17) is 0 Å². The van der Waals surface area contributed by atoms with Gasteiger partial charge in [0.2, 0.25) is 11.8 Å². The molecule has 2 unspecified atom stereocenters. The summed E-state index contributed by atoms with van der Waals surface area (Å²) in [5.74, 6) is -1.12. The molecule has 4 amide bonds. The Labute approximate surface area is 188 Å². The Morgan fingerprint density at radius 3 is 2.38 bits per heavy atom. The molecule has 0 aliphatic carbocycles. The second-order valence-corrected chi connectivity index (χ2v) is 9.03. The Morgan fingerprint density at radius 2 is 1.72 bits per heavy atom. The molecular weight excluding hydrogens is 408 g/mol. The van der Waals surface area contributed by atoms with Crippen molar-refractivity contribution in [1.82, 2.24) is 15.1 Å². The molecule has 1 N–H and O–H groups in total. The molecule has 8 heteroatoms. The summed E-state index contributed by atoms with van der Waals surface area (Å²) >= 11 is 0. The maximum absolute atomic E-state index is 13.0. The first kappa shape index (κ1) is 22.5. The topological polar surface area (TPSA) is 90.0 Å². The lowest BCUT2D eigenvalue weighted by Crippen LogP contribution is -2.54. The van der Waals surface area contributed by atoms with Gasteiger partial charge in [0.15, 0.2) is 0 Å². The largest absolute Gasteiger partial charge is 0.369 e. The Hall–Kier alpha value is -2.74. The highest BCUT2D eigenvalue weighted by Gasteiger charge is 2.44. The molecule has 0 saturated carbocycles. The molecule has 3 aliphatic heterocycles. The maximum Gasteiger partial charge on any atom is 0.262 e. The molecule has 0 aromatic heterocycles. The second kappa shape index (κ2) is 9.40. The molecule has 0 bridgehead atoms. The quantitative estimate of drug-likeness (QED) is 0.653. The number of carbonyl (C=O) groups excluding carboxylic acids is 4. The minimum absolute atomic E-state index is 0.122. The number of piperidine rings is 1. The Kier molecular flexibility index (Phi) is 6.60. The highest BCUT2D eigenvalue weighted by atomic mass is 16.2. The molecule has 1 aromatic carbocycles. The summed E-state index contributed by atoms with van der Waals surface area (Å²) < 4.78 is 0. The Morgan fingerprint density at radius 1 is 1.00 bits per heavy atom. The van der Waals surface area contributed by atoms with Gasteiger partial charge in [-0.1, -0.05) is 26.7 Å². The highest BCUT2D eigenvalue weighted by molar-refractivity contribution is 6.23. The van der Waals surface area contributed by atoms with E-state index in [2.05, 4.69) is 29.0 Å². The van der Waals surface area contributed by atoms with Crippen LogP contribution < -0.4 is 10.2 Å². The SMILES string of the molecule is CCCC(CC)CN1CCN(c2ccc3c(c2)C(=O)N(C2CCC(=O)NC2=O)C3=O)CC1. The van der Waals surface area contributed by atoms with Crippen molar-refractivity contribution in [2.75, 3.05) is 37.6 Å². The summed E-state index contributed by atoms with van der Waals surface area (Å²) in [6.07, 6.45) is 3.98. The van der Waals surface area contributed by atoms with Gasteiger partial charge in [-0.15, -0.1) is 0 Å². The second-order valence-electron chi connectivity index (χ2n) is 9.03. The van der Waals surface area contributed by atoms with Crippen molar-refractivity contribution in [3.05, 3.63) is 29.3 Å². The van der Waals surface area contributed by atoms with Gasteiger partial charge in [0.05, 0.1) is 11.1 Å². The molecule has 1 aromatic rings. The van der Waals surface area contributed by atoms with Gasteiger partial charge in [-0.25, -0.2) is 0 Å². The molecule has 32 heavy (non-hydrogen) atoms. The minimum Gasteiger partial charge on any atom is -0.369 e. The Balaban J connectivity index is 1.43. The Bertz CT molecular complexity index is 923. The summed E-state index contributed by atoms with van der Waals surface area (Å²) in [4.78, 5) is 55.4. The van der Waals surface area contributed by atoms with Gasteiger partial charge in [-0.2, -0.15) is 0 Å². The third-order valence-corrected chi connectivity index (χ3v) is 6.95. The van der Waals surface area contributed by atoms with Crippen molar-refractivity contribution in [1.29, 1.82) is 0 Å². The molecule has 8 nitrogen and oxygen atoms in total. The average molecular weight is 441 g/mol. The fraction of sp³-hybridized carbons (Fsp3) is 0.583. The summed E-state index contributed by atoms with van der Waals surface area (Å²) in [7, 11) is 0. The van der Waals surface area contributed by atoms with Crippen LogP contribution in [0.2, 0.25) is 0 Å². The van der Waals surface area contributed by atoms with Crippen LogP contribution in [0.3, 0.4) is 0 Å². The number of hydrogen-bond donors (Lipinski definition) is 1. The van der Waals surface area contributed by atoms with Crippen LogP contribution in [0.5, 0.6) is 0 Å². The number of nitrogens with one attached hydrogen (secondary N) is 1. The van der Waals surface area contributed by atoms with Crippen molar-refractivity contribution in [2.45, 2.75) is 52.0 Å². The molecule has 2 fully saturated rings. The number of piperazine rings is 1. The molecule has 2 saturated heterocycles. The average Bonchev–Trinajstić information content (AvgIpc) is 3.04. The molecular formula is C24H32N4O4. The van der Waals surface area contributed by atoms with E-state index in [-0.39, 0.29) is 18.7 Å². The van der Waals surface area contributed by atoms with E-state index in [1.807, 2.05) is 6.07 Å². The van der Waals surface area contributed by atoms with E-state index in [1.54, 1.807) is 12.1 Å². The molecule has 4 rings (SSSR count). The molecule has 3 heterocycles. The van der Waals surface area contributed by atoms with Crippen LogP contribution in [0.15, 0.2) is 18.2 Å². The minimum atomic E-state index is -0.929. The number of benzene rings is 1. The van der Waals surface area contributed by atoms with Crippen molar-refractivity contribution in [2.24, 2.45) is 5.92 Å². The number of rotatable bonds is 7. The lowest BCUT2D eigenvalue weighted by molar-refractivity contribution is -0.136. The predicted octanol–water partition coefficient (Wildman–Crippen LogP) is 2.04. The number of carbonyl (C=O) groups is 4. The summed E-state index contributed by atoms with van der Waals surface area (Å²) in [6, 6.07) is 4.43. The molecule has 0 spiro atoms. The van der Waals surface area contributed by atoms with Crippen LogP contribution in [-0.2, 0) is 9.59 Å². The van der Waals surface area contributed by atoms with Crippen molar-refractivity contribution < 1.29 is 19.2 Å². The summed E-state index contributed by atoms with van der Waals surface area (Å²) in [6.45, 7) is 9.34. The maximum atomic E-state index is 13.0. The van der Waals surface area contributed by atoms with Crippen LogP contribution in [0.4, 0.5) is 5.69 Å². The van der Waals surface area contributed by atoms with E-state index in [1.165, 1.54) is 19.3 Å². The first-order chi connectivity index (χ1) is 15.4. The lowest BCUT2D eigenvalue weighted by Gasteiger charge is -2.37. The number of fused-ring (bicyclic) bond motifs is 1. The van der Waals surface area contributed by atoms with E-state index >= 15 is 0 Å². The molecule has 0 radical (unpaired) electrons. The zero-order valence-electron chi connectivity index (χ0n) is 18.9. The van der Waals surface area contributed by atoms with E-state index < -0.39 is 23.8 Å². The van der Waals surface area contributed by atoms with Crippen LogP contribution in [0.1, 0.15) is 66.7 Å². The summed E-state index contributed by atoms with van der Waals surface area (Å²) in [5, 5.41) is 2.23. The number of nitrogens with zero attached hydrogens (tertiary/aromatic N) is 3. The number of amides is 4.